The summed E-state index contributed by atoms with van der Waals surface area (Å²) in [5, 5.41) is 20.0. The van der Waals surface area contributed by atoms with Crippen LogP contribution < -0.4 is 20.3 Å². The highest BCUT2D eigenvalue weighted by Crippen LogP contribution is 2.50. The Labute approximate surface area is 214 Å². The topological polar surface area (TPSA) is 117 Å². The highest BCUT2D eigenvalue weighted by Gasteiger charge is 2.32. The van der Waals surface area contributed by atoms with Crippen molar-refractivity contribution in [3.05, 3.63) is 59.4 Å². The number of hydrogen-bond donors (Lipinski definition) is 6. The van der Waals surface area contributed by atoms with E-state index in [4.69, 9.17) is 0 Å². The van der Waals surface area contributed by atoms with Gasteiger partial charge in [0.15, 0.2) is 5.82 Å². The smallest absolute Gasteiger partial charge is 0.254 e. The molecule has 2 aromatic carbocycles. The Balaban J connectivity index is 1.93. The molecule has 1 fully saturated rings. The number of aliphatic hydroxyl groups is 1. The lowest BCUT2D eigenvalue weighted by atomic mass is 10.00. The summed E-state index contributed by atoms with van der Waals surface area (Å²) < 4.78 is 38.2. The summed E-state index contributed by atoms with van der Waals surface area (Å²) in [6.45, 7) is 6.89. The van der Waals surface area contributed by atoms with Crippen molar-refractivity contribution in [1.82, 2.24) is 10.6 Å². The van der Waals surface area contributed by atoms with Gasteiger partial charge >= 0.3 is 0 Å². The fourth-order valence-corrected chi connectivity index (χ4v) is 5.92. The molecule has 0 spiro atoms. The van der Waals surface area contributed by atoms with Crippen molar-refractivity contribution in [2.75, 3.05) is 35.0 Å². The standard InChI is InChI=1S/C26H39FN4O4S/c1-4-28-20-15-21(25(27)23(16-20)31-12-8-9-13-36(31,34)35)26(33)30-22(24(32)17-29-18(2)3)14-19-10-6-5-7-11-19/h5-7,10-11,15-16,18,22,24,28-29,32,34-35H,4,8-9,12-14,17H2,1-3H3,(H,30,33)/t22-,24-/m0/s1. The molecule has 1 amide bonds. The first kappa shape index (κ1) is 28.2. The molecule has 1 saturated heterocycles. The number of nitrogens with zero attached hydrogens (tertiary/aromatic N) is 1. The lowest BCUT2D eigenvalue weighted by molar-refractivity contribution is 0.0823. The molecule has 3 rings (SSSR count). The highest BCUT2D eigenvalue weighted by atomic mass is 32.3. The minimum atomic E-state index is -3.18. The van der Waals surface area contributed by atoms with Crippen LogP contribution in [-0.4, -0.2) is 63.7 Å². The van der Waals surface area contributed by atoms with E-state index in [0.29, 0.717) is 31.5 Å². The van der Waals surface area contributed by atoms with E-state index in [-0.39, 0.29) is 36.1 Å². The van der Waals surface area contributed by atoms with Gasteiger partial charge in [0.25, 0.3) is 5.91 Å². The monoisotopic (exact) mass is 522 g/mol. The molecule has 2 atom stereocenters. The summed E-state index contributed by atoms with van der Waals surface area (Å²) in [7, 11) is -3.18. The Morgan fingerprint density at radius 2 is 1.89 bits per heavy atom. The van der Waals surface area contributed by atoms with Crippen molar-refractivity contribution in [1.29, 1.82) is 0 Å². The van der Waals surface area contributed by atoms with Gasteiger partial charge in [0, 0.05) is 31.4 Å². The van der Waals surface area contributed by atoms with Crippen LogP contribution in [0, 0.1) is 5.82 Å². The molecule has 0 saturated carbocycles. The van der Waals surface area contributed by atoms with Gasteiger partial charge in [0.05, 0.1) is 29.1 Å². The second-order valence-corrected chi connectivity index (χ2v) is 11.5. The zero-order valence-corrected chi connectivity index (χ0v) is 22.0. The molecule has 0 bridgehead atoms. The maximum atomic E-state index is 15.8. The minimum Gasteiger partial charge on any atom is -0.390 e. The molecule has 36 heavy (non-hydrogen) atoms. The summed E-state index contributed by atoms with van der Waals surface area (Å²) in [5.41, 5.74) is 1.20. The van der Waals surface area contributed by atoms with E-state index < -0.39 is 34.6 Å². The zero-order chi connectivity index (χ0) is 26.3. The first-order valence-electron chi connectivity index (χ1n) is 12.5. The molecule has 0 unspecified atom stereocenters. The number of carbonyl (C=O) groups excluding carboxylic acids is 1. The number of aliphatic hydroxyl groups excluding tert-OH is 1. The van der Waals surface area contributed by atoms with Crippen molar-refractivity contribution in [3.63, 3.8) is 0 Å². The van der Waals surface area contributed by atoms with Crippen LogP contribution >= 0.6 is 10.8 Å². The van der Waals surface area contributed by atoms with Gasteiger partial charge in [-0.15, -0.1) is 10.8 Å². The third-order valence-corrected chi connectivity index (χ3v) is 8.07. The summed E-state index contributed by atoms with van der Waals surface area (Å²) in [6, 6.07) is 11.9. The summed E-state index contributed by atoms with van der Waals surface area (Å²) in [5.74, 6) is -1.33. The van der Waals surface area contributed by atoms with E-state index in [2.05, 4.69) is 16.0 Å². The van der Waals surface area contributed by atoms with Gasteiger partial charge in [0.2, 0.25) is 0 Å². The van der Waals surface area contributed by atoms with Gasteiger partial charge in [-0.3, -0.25) is 18.2 Å². The molecule has 6 N–H and O–H groups in total. The first-order chi connectivity index (χ1) is 17.1. The van der Waals surface area contributed by atoms with Crippen molar-refractivity contribution in [2.24, 2.45) is 0 Å². The van der Waals surface area contributed by atoms with Crippen LogP contribution in [0.2, 0.25) is 0 Å². The van der Waals surface area contributed by atoms with Crippen LogP contribution in [0.4, 0.5) is 15.8 Å². The molecule has 1 aliphatic rings. The third-order valence-electron chi connectivity index (χ3n) is 6.14. The van der Waals surface area contributed by atoms with Crippen LogP contribution in [0.3, 0.4) is 0 Å². The number of anilines is 2. The maximum Gasteiger partial charge on any atom is 0.254 e. The lowest BCUT2D eigenvalue weighted by Crippen LogP contribution is -2.49. The second kappa shape index (κ2) is 12.7. The Morgan fingerprint density at radius 3 is 2.53 bits per heavy atom. The summed E-state index contributed by atoms with van der Waals surface area (Å²) >= 11 is 0. The van der Waals surface area contributed by atoms with E-state index in [1.54, 1.807) is 0 Å². The van der Waals surface area contributed by atoms with Crippen molar-refractivity contribution in [3.8, 4) is 0 Å². The van der Waals surface area contributed by atoms with E-state index in [9.17, 15) is 19.0 Å². The average molecular weight is 523 g/mol. The number of halogens is 1. The SMILES string of the molecule is CCNc1cc(C(=O)N[C@@H](Cc2ccccc2)[C@@H](O)CNC(C)C)c(F)c(N2CCCCS2(O)O)c1. The Morgan fingerprint density at radius 1 is 1.17 bits per heavy atom. The normalized spacial score (nSPS) is 17.9. The molecule has 10 heteroatoms. The largest absolute Gasteiger partial charge is 0.390 e. The average Bonchev–Trinajstić information content (AvgIpc) is 2.83. The van der Waals surface area contributed by atoms with Gasteiger partial charge in [-0.25, -0.2) is 4.39 Å². The zero-order valence-electron chi connectivity index (χ0n) is 21.2. The Kier molecular flexibility index (Phi) is 9.98. The Hall–Kier alpha value is -2.37. The van der Waals surface area contributed by atoms with E-state index >= 15 is 4.39 Å². The summed E-state index contributed by atoms with van der Waals surface area (Å²) in [4.78, 5) is 13.4. The van der Waals surface area contributed by atoms with Gasteiger partial charge in [-0.2, -0.15) is 0 Å². The molecule has 1 heterocycles. The maximum absolute atomic E-state index is 15.8. The quantitative estimate of drug-likeness (QED) is 0.262. The van der Waals surface area contributed by atoms with Crippen LogP contribution in [0.5, 0.6) is 0 Å². The van der Waals surface area contributed by atoms with E-state index in [1.165, 1.54) is 16.4 Å². The van der Waals surface area contributed by atoms with E-state index in [0.717, 1.165) is 5.56 Å². The molecule has 0 radical (unpaired) electrons. The number of benzene rings is 2. The second-order valence-electron chi connectivity index (χ2n) is 9.43. The van der Waals surface area contributed by atoms with Crippen molar-refractivity contribution >= 4 is 28.1 Å². The van der Waals surface area contributed by atoms with Gasteiger partial charge in [-0.1, -0.05) is 44.2 Å². The molecular formula is C26H39FN4O4S. The van der Waals surface area contributed by atoms with Crippen LogP contribution in [0.1, 0.15) is 49.5 Å². The Bertz CT molecular complexity index is 1010. The predicted molar refractivity (Wildman–Crippen MR) is 145 cm³/mol. The molecule has 0 aliphatic carbocycles. The lowest BCUT2D eigenvalue weighted by Gasteiger charge is -2.47. The highest BCUT2D eigenvalue weighted by molar-refractivity contribution is 8.25. The van der Waals surface area contributed by atoms with Crippen molar-refractivity contribution in [2.45, 2.75) is 58.2 Å². The fourth-order valence-electron chi connectivity index (χ4n) is 4.24. The molecule has 8 nitrogen and oxygen atoms in total. The number of carbonyl (C=O) groups is 1. The van der Waals surface area contributed by atoms with Gasteiger partial charge < -0.3 is 21.1 Å². The predicted octanol–water partition coefficient (Wildman–Crippen LogP) is 4.22. The number of hydrogen-bond acceptors (Lipinski definition) is 7. The van der Waals surface area contributed by atoms with E-state index in [1.807, 2.05) is 51.1 Å². The molecule has 0 aromatic heterocycles. The number of nitrogens with one attached hydrogen (secondary N) is 3. The van der Waals surface area contributed by atoms with Crippen LogP contribution in [0.15, 0.2) is 42.5 Å². The van der Waals surface area contributed by atoms with Crippen molar-refractivity contribution < 1.29 is 23.4 Å². The number of rotatable bonds is 11. The van der Waals surface area contributed by atoms with Crippen LogP contribution in [-0.2, 0) is 6.42 Å². The van der Waals surface area contributed by atoms with Gasteiger partial charge in [0.1, 0.15) is 0 Å². The third kappa shape index (κ3) is 7.33. The first-order valence-corrected chi connectivity index (χ1v) is 14.2. The number of amides is 1. The minimum absolute atomic E-state index is 0.0140. The van der Waals surface area contributed by atoms with Crippen LogP contribution in [0.25, 0.3) is 0 Å². The van der Waals surface area contributed by atoms with Gasteiger partial charge in [-0.05, 0) is 43.9 Å². The molecule has 2 aromatic rings. The summed E-state index contributed by atoms with van der Waals surface area (Å²) in [6.07, 6.45) is 0.785. The molecular weight excluding hydrogens is 483 g/mol. The fraction of sp³-hybridized carbons (Fsp3) is 0.500. The molecule has 200 valence electrons. The molecule has 1 aliphatic heterocycles.